The van der Waals surface area contributed by atoms with Gasteiger partial charge in [-0.15, -0.1) is 0 Å². The van der Waals surface area contributed by atoms with Crippen LogP contribution in [0.2, 0.25) is 0 Å². The molecule has 0 aliphatic rings. The average molecular weight is 271 g/mol. The Morgan fingerprint density at radius 3 is 2.05 bits per heavy atom. The quantitative estimate of drug-likeness (QED) is 0.663. The van der Waals surface area contributed by atoms with Crippen LogP contribution < -0.4 is 11.1 Å². The highest BCUT2D eigenvalue weighted by atomic mass is 16.2. The maximum atomic E-state index is 12.0. The van der Waals surface area contributed by atoms with E-state index in [1.54, 1.807) is 0 Å². The molecular weight excluding hydrogens is 242 g/mol. The van der Waals surface area contributed by atoms with Gasteiger partial charge in [0, 0.05) is 38.0 Å². The lowest BCUT2D eigenvalue weighted by atomic mass is 10.1. The van der Waals surface area contributed by atoms with Crippen molar-refractivity contribution in [2.45, 2.75) is 58.9 Å². The topological polar surface area (TPSA) is 75.4 Å². The Morgan fingerprint density at radius 2 is 1.63 bits per heavy atom. The molecule has 0 saturated heterocycles. The van der Waals surface area contributed by atoms with Crippen molar-refractivity contribution in [1.29, 1.82) is 0 Å². The number of hydrogen-bond donors (Lipinski definition) is 2. The summed E-state index contributed by atoms with van der Waals surface area (Å²) in [5, 5.41) is 2.83. The van der Waals surface area contributed by atoms with Crippen molar-refractivity contribution in [2.75, 3.05) is 19.6 Å². The van der Waals surface area contributed by atoms with Crippen molar-refractivity contribution in [3.05, 3.63) is 0 Å². The van der Waals surface area contributed by atoms with Crippen LogP contribution in [0.3, 0.4) is 0 Å². The Bertz CT molecular complexity index is 284. The normalized spacial score (nSPS) is 11.2. The first-order chi connectivity index (χ1) is 8.86. The molecule has 0 bridgehead atoms. The van der Waals surface area contributed by atoms with Gasteiger partial charge in [0.2, 0.25) is 11.8 Å². The molecule has 0 aliphatic carbocycles. The molecule has 0 atom stereocenters. The number of carbonyl (C=O) groups excluding carboxylic acids is 2. The standard InChI is InChI=1S/C14H29N3O2/c1-5-9-17(10-6-2)13(19)8-7-12(18)16-14(3,4)11-15/h5-11,15H2,1-4H3,(H,16,18). The van der Waals surface area contributed by atoms with E-state index < -0.39 is 5.54 Å². The second-order valence-corrected chi connectivity index (χ2v) is 5.52. The number of hydrogen-bond acceptors (Lipinski definition) is 3. The minimum absolute atomic E-state index is 0.0596. The summed E-state index contributed by atoms with van der Waals surface area (Å²) in [6.45, 7) is 9.74. The summed E-state index contributed by atoms with van der Waals surface area (Å²) in [6.07, 6.45) is 2.38. The predicted octanol–water partition coefficient (Wildman–Crippen LogP) is 1.27. The minimum Gasteiger partial charge on any atom is -0.350 e. The second kappa shape index (κ2) is 8.91. The average Bonchev–Trinajstić information content (AvgIpc) is 2.35. The SMILES string of the molecule is CCCN(CCC)C(=O)CCC(=O)NC(C)(C)CN. The van der Waals surface area contributed by atoms with Crippen LogP contribution in [0.4, 0.5) is 0 Å². The highest BCUT2D eigenvalue weighted by molar-refractivity contribution is 5.84. The highest BCUT2D eigenvalue weighted by Crippen LogP contribution is 2.04. The Morgan fingerprint density at radius 1 is 1.11 bits per heavy atom. The predicted molar refractivity (Wildman–Crippen MR) is 77.7 cm³/mol. The van der Waals surface area contributed by atoms with Gasteiger partial charge in [-0.1, -0.05) is 13.8 Å². The van der Waals surface area contributed by atoms with Crippen molar-refractivity contribution in [2.24, 2.45) is 5.73 Å². The molecule has 5 heteroatoms. The summed E-state index contributed by atoms with van der Waals surface area (Å²) < 4.78 is 0. The number of nitrogens with one attached hydrogen (secondary N) is 1. The molecule has 0 spiro atoms. The molecule has 3 N–H and O–H groups in total. The van der Waals surface area contributed by atoms with Gasteiger partial charge in [-0.3, -0.25) is 9.59 Å². The Labute approximate surface area is 116 Å². The van der Waals surface area contributed by atoms with Gasteiger partial charge < -0.3 is 16.0 Å². The van der Waals surface area contributed by atoms with E-state index in [1.807, 2.05) is 32.6 Å². The van der Waals surface area contributed by atoms with Crippen LogP contribution in [-0.2, 0) is 9.59 Å². The Kier molecular flexibility index (Phi) is 8.39. The van der Waals surface area contributed by atoms with Crippen LogP contribution >= 0.6 is 0 Å². The molecule has 0 aromatic carbocycles. The number of amides is 2. The van der Waals surface area contributed by atoms with Crippen molar-refractivity contribution >= 4 is 11.8 Å². The van der Waals surface area contributed by atoms with Crippen LogP contribution in [0.25, 0.3) is 0 Å². The van der Waals surface area contributed by atoms with Gasteiger partial charge in [-0.05, 0) is 26.7 Å². The van der Waals surface area contributed by atoms with Gasteiger partial charge in [-0.2, -0.15) is 0 Å². The van der Waals surface area contributed by atoms with E-state index >= 15 is 0 Å². The molecule has 0 saturated carbocycles. The molecule has 112 valence electrons. The molecule has 0 aromatic rings. The number of rotatable bonds is 9. The monoisotopic (exact) mass is 271 g/mol. The maximum Gasteiger partial charge on any atom is 0.223 e. The maximum absolute atomic E-state index is 12.0. The van der Waals surface area contributed by atoms with E-state index in [2.05, 4.69) is 5.32 Å². The zero-order valence-corrected chi connectivity index (χ0v) is 12.8. The van der Waals surface area contributed by atoms with Gasteiger partial charge in [-0.25, -0.2) is 0 Å². The van der Waals surface area contributed by atoms with Gasteiger partial charge in [0.15, 0.2) is 0 Å². The van der Waals surface area contributed by atoms with Gasteiger partial charge >= 0.3 is 0 Å². The van der Waals surface area contributed by atoms with Crippen LogP contribution in [0.1, 0.15) is 53.4 Å². The molecule has 0 rings (SSSR count). The smallest absolute Gasteiger partial charge is 0.223 e. The summed E-state index contributed by atoms with van der Waals surface area (Å²) in [5.74, 6) is -0.0545. The van der Waals surface area contributed by atoms with Crippen molar-refractivity contribution < 1.29 is 9.59 Å². The molecule has 0 radical (unpaired) electrons. The molecule has 5 nitrogen and oxygen atoms in total. The van der Waals surface area contributed by atoms with Gasteiger partial charge in [0.05, 0.1) is 0 Å². The molecular formula is C14H29N3O2. The lowest BCUT2D eigenvalue weighted by Gasteiger charge is -2.25. The second-order valence-electron chi connectivity index (χ2n) is 5.52. The van der Waals surface area contributed by atoms with Crippen LogP contribution in [0.15, 0.2) is 0 Å². The van der Waals surface area contributed by atoms with Crippen LogP contribution in [0, 0.1) is 0 Å². The first-order valence-electron chi connectivity index (χ1n) is 7.15. The van der Waals surface area contributed by atoms with E-state index in [4.69, 9.17) is 5.73 Å². The van der Waals surface area contributed by atoms with Crippen molar-refractivity contribution in [3.63, 3.8) is 0 Å². The van der Waals surface area contributed by atoms with Gasteiger partial charge in [0.25, 0.3) is 0 Å². The van der Waals surface area contributed by atoms with E-state index in [0.717, 1.165) is 25.9 Å². The summed E-state index contributed by atoms with van der Waals surface area (Å²) in [6, 6.07) is 0. The molecule has 0 aromatic heterocycles. The highest BCUT2D eigenvalue weighted by Gasteiger charge is 2.19. The molecule has 19 heavy (non-hydrogen) atoms. The third-order valence-electron chi connectivity index (χ3n) is 2.89. The lowest BCUT2D eigenvalue weighted by molar-refractivity contribution is -0.134. The zero-order chi connectivity index (χ0) is 14.9. The number of nitrogens with zero attached hydrogens (tertiary/aromatic N) is 1. The first-order valence-corrected chi connectivity index (χ1v) is 7.15. The summed E-state index contributed by atoms with van der Waals surface area (Å²) in [5.41, 5.74) is 5.14. The van der Waals surface area contributed by atoms with E-state index in [0.29, 0.717) is 6.54 Å². The number of nitrogens with two attached hydrogens (primary N) is 1. The lowest BCUT2D eigenvalue weighted by Crippen LogP contribution is -2.49. The van der Waals surface area contributed by atoms with E-state index in [1.165, 1.54) is 0 Å². The third-order valence-corrected chi connectivity index (χ3v) is 2.89. The fourth-order valence-electron chi connectivity index (χ4n) is 1.77. The van der Waals surface area contributed by atoms with Crippen LogP contribution in [0.5, 0.6) is 0 Å². The summed E-state index contributed by atoms with van der Waals surface area (Å²) >= 11 is 0. The Balaban J connectivity index is 4.16. The molecule has 0 fully saturated rings. The van der Waals surface area contributed by atoms with Crippen molar-refractivity contribution in [1.82, 2.24) is 10.2 Å². The summed E-state index contributed by atoms with van der Waals surface area (Å²) in [7, 11) is 0. The van der Waals surface area contributed by atoms with Gasteiger partial charge in [0.1, 0.15) is 0 Å². The Hall–Kier alpha value is -1.10. The van der Waals surface area contributed by atoms with Crippen LogP contribution in [-0.4, -0.2) is 41.9 Å². The molecule has 0 aliphatic heterocycles. The largest absolute Gasteiger partial charge is 0.350 e. The fourth-order valence-corrected chi connectivity index (χ4v) is 1.77. The zero-order valence-electron chi connectivity index (χ0n) is 12.8. The third kappa shape index (κ3) is 7.82. The molecule has 2 amide bonds. The number of carbonyl (C=O) groups is 2. The van der Waals surface area contributed by atoms with E-state index in [9.17, 15) is 9.59 Å². The van der Waals surface area contributed by atoms with E-state index in [-0.39, 0.29) is 24.7 Å². The first kappa shape index (κ1) is 17.9. The fraction of sp³-hybridized carbons (Fsp3) is 0.857. The summed E-state index contributed by atoms with van der Waals surface area (Å²) in [4.78, 5) is 25.5. The minimum atomic E-state index is -0.410. The molecule has 0 unspecified atom stereocenters. The van der Waals surface area contributed by atoms with Crippen molar-refractivity contribution in [3.8, 4) is 0 Å². The molecule has 0 heterocycles.